The van der Waals surface area contributed by atoms with Crippen LogP contribution in [0.25, 0.3) is 33.4 Å². The molecule has 0 aliphatic heterocycles. The molecule has 0 saturated carbocycles. The molecule has 4 aromatic rings. The summed E-state index contributed by atoms with van der Waals surface area (Å²) in [6.07, 6.45) is 2.25. The van der Waals surface area contributed by atoms with Gasteiger partial charge in [-0.3, -0.25) is 0 Å². The summed E-state index contributed by atoms with van der Waals surface area (Å²) in [5.74, 6) is 0. The molecule has 4 aromatic carbocycles. The third-order valence-electron chi connectivity index (χ3n) is 6.71. The quantitative estimate of drug-likeness (QED) is 0.326. The van der Waals surface area contributed by atoms with Crippen molar-refractivity contribution in [3.05, 3.63) is 106 Å². The maximum Gasteiger partial charge on any atom is -0.0125 e. The molecule has 0 fully saturated rings. The van der Waals surface area contributed by atoms with Gasteiger partial charge in [-0.25, -0.2) is 0 Å². The Morgan fingerprint density at radius 3 is 1.20 bits per heavy atom. The average Bonchev–Trinajstić information content (AvgIpc) is 2.73. The monoisotopic (exact) mass is 388 g/mol. The predicted molar refractivity (Wildman–Crippen MR) is 129 cm³/mol. The molecule has 0 unspecified atom stereocenters. The summed E-state index contributed by atoms with van der Waals surface area (Å²) in [5, 5.41) is 0. The lowest BCUT2D eigenvalue weighted by Crippen LogP contribution is -2.05. The van der Waals surface area contributed by atoms with E-state index in [-0.39, 0.29) is 0 Å². The van der Waals surface area contributed by atoms with Gasteiger partial charge >= 0.3 is 0 Å². The van der Waals surface area contributed by atoms with E-state index < -0.39 is 0 Å². The highest BCUT2D eigenvalue weighted by Gasteiger charge is 2.19. The largest absolute Gasteiger partial charge is 0.0617 e. The van der Waals surface area contributed by atoms with Crippen molar-refractivity contribution in [1.82, 2.24) is 0 Å². The van der Waals surface area contributed by atoms with E-state index in [2.05, 4.69) is 100 Å². The van der Waals surface area contributed by atoms with Crippen LogP contribution < -0.4 is 0 Å². The lowest BCUT2D eigenvalue weighted by atomic mass is 9.81. The molecule has 0 radical (unpaired) electrons. The number of aryl methyl sites for hydroxylation is 6. The van der Waals surface area contributed by atoms with Crippen molar-refractivity contribution in [1.29, 1.82) is 0 Å². The van der Waals surface area contributed by atoms with Crippen LogP contribution in [0.2, 0.25) is 0 Å². The predicted octanol–water partition coefficient (Wildman–Crippen LogP) is 8.02. The van der Waals surface area contributed by atoms with E-state index in [9.17, 15) is 0 Å². The smallest absolute Gasteiger partial charge is 0.0125 e. The highest BCUT2D eigenvalue weighted by Crippen LogP contribution is 2.40. The van der Waals surface area contributed by atoms with Crippen LogP contribution in [-0.4, -0.2) is 0 Å². The second-order valence-electron chi connectivity index (χ2n) is 8.78. The van der Waals surface area contributed by atoms with E-state index in [1.165, 1.54) is 66.8 Å². The lowest BCUT2D eigenvalue weighted by Gasteiger charge is -2.23. The van der Waals surface area contributed by atoms with Crippen molar-refractivity contribution in [3.8, 4) is 33.4 Å². The van der Waals surface area contributed by atoms with E-state index in [1.807, 2.05) is 0 Å². The van der Waals surface area contributed by atoms with Crippen LogP contribution in [0.1, 0.15) is 33.4 Å². The van der Waals surface area contributed by atoms with Gasteiger partial charge in [-0.15, -0.1) is 0 Å². The molecule has 0 spiro atoms. The average molecular weight is 389 g/mol. The summed E-state index contributed by atoms with van der Waals surface area (Å²) in [5.41, 5.74) is 16.5. The lowest BCUT2D eigenvalue weighted by molar-refractivity contribution is 0.942. The van der Waals surface area contributed by atoms with Gasteiger partial charge in [0.2, 0.25) is 0 Å². The minimum Gasteiger partial charge on any atom is -0.0617 e. The van der Waals surface area contributed by atoms with Crippen molar-refractivity contribution in [2.45, 2.75) is 40.5 Å². The number of benzene rings is 4. The van der Waals surface area contributed by atoms with Crippen molar-refractivity contribution in [2.24, 2.45) is 0 Å². The summed E-state index contributed by atoms with van der Waals surface area (Å²) >= 11 is 0. The van der Waals surface area contributed by atoms with Crippen molar-refractivity contribution in [3.63, 3.8) is 0 Å². The van der Waals surface area contributed by atoms with Gasteiger partial charge in [0.15, 0.2) is 0 Å². The molecule has 0 bridgehead atoms. The third-order valence-corrected chi connectivity index (χ3v) is 6.71. The first-order valence-corrected chi connectivity index (χ1v) is 10.9. The fraction of sp³-hybridized carbons (Fsp3) is 0.200. The molecule has 0 N–H and O–H groups in total. The molecular formula is C30H28. The number of hydrogen-bond acceptors (Lipinski definition) is 0. The van der Waals surface area contributed by atoms with Gasteiger partial charge in [0.25, 0.3) is 0 Å². The third kappa shape index (κ3) is 3.08. The van der Waals surface area contributed by atoms with Crippen LogP contribution in [0.15, 0.2) is 72.8 Å². The molecule has 0 nitrogen and oxygen atoms in total. The SMILES string of the molecule is Cc1cccc(C)c1-c1ccc2c(c1)-c1cc(-c3c(C)cccc3C)ccc1CC2. The Hall–Kier alpha value is -3.12. The maximum absolute atomic E-state index is 2.43. The zero-order valence-electron chi connectivity index (χ0n) is 18.3. The molecule has 0 amide bonds. The van der Waals surface area contributed by atoms with Crippen LogP contribution in [0.3, 0.4) is 0 Å². The molecule has 0 aromatic heterocycles. The topological polar surface area (TPSA) is 0 Å². The van der Waals surface area contributed by atoms with Crippen molar-refractivity contribution < 1.29 is 0 Å². The standard InChI is InChI=1S/C30H28/c1-19-7-5-8-20(2)29(19)25-15-13-23-11-12-24-14-16-26(18-28(24)27(23)17-25)30-21(3)9-6-10-22(30)4/h5-10,13-18H,11-12H2,1-4H3. The van der Waals surface area contributed by atoms with Gasteiger partial charge in [0.1, 0.15) is 0 Å². The van der Waals surface area contributed by atoms with E-state index in [1.54, 1.807) is 0 Å². The van der Waals surface area contributed by atoms with Gasteiger partial charge in [0.05, 0.1) is 0 Å². The molecule has 30 heavy (non-hydrogen) atoms. The molecule has 0 saturated heterocycles. The Kier molecular flexibility index (Phi) is 4.59. The van der Waals surface area contributed by atoms with Crippen LogP contribution in [0.4, 0.5) is 0 Å². The van der Waals surface area contributed by atoms with E-state index >= 15 is 0 Å². The first-order chi connectivity index (χ1) is 14.5. The summed E-state index contributed by atoms with van der Waals surface area (Å²) in [6.45, 7) is 8.87. The first kappa shape index (κ1) is 18.9. The zero-order valence-corrected chi connectivity index (χ0v) is 18.3. The minimum absolute atomic E-state index is 1.12. The Bertz CT molecular complexity index is 1130. The van der Waals surface area contributed by atoms with E-state index in [0.717, 1.165) is 12.8 Å². The van der Waals surface area contributed by atoms with E-state index in [0.29, 0.717) is 0 Å². The fourth-order valence-electron chi connectivity index (χ4n) is 5.21. The van der Waals surface area contributed by atoms with Gasteiger partial charge in [-0.05, 0) is 119 Å². The van der Waals surface area contributed by atoms with Crippen molar-refractivity contribution in [2.75, 3.05) is 0 Å². The Labute approximate surface area is 180 Å². The molecular weight excluding hydrogens is 360 g/mol. The minimum atomic E-state index is 1.12. The molecule has 1 aliphatic rings. The number of hydrogen-bond donors (Lipinski definition) is 0. The highest BCUT2D eigenvalue weighted by molar-refractivity contribution is 5.84. The molecule has 0 atom stereocenters. The zero-order chi connectivity index (χ0) is 20.8. The second-order valence-corrected chi connectivity index (χ2v) is 8.78. The van der Waals surface area contributed by atoms with Crippen LogP contribution in [0, 0.1) is 27.7 Å². The summed E-state index contributed by atoms with van der Waals surface area (Å²) in [7, 11) is 0. The van der Waals surface area contributed by atoms with Crippen LogP contribution in [0.5, 0.6) is 0 Å². The summed E-state index contributed by atoms with van der Waals surface area (Å²) in [4.78, 5) is 0. The number of rotatable bonds is 2. The molecule has 0 heterocycles. The van der Waals surface area contributed by atoms with E-state index in [4.69, 9.17) is 0 Å². The Morgan fingerprint density at radius 1 is 0.467 bits per heavy atom. The maximum atomic E-state index is 2.43. The molecule has 1 aliphatic carbocycles. The van der Waals surface area contributed by atoms with Crippen molar-refractivity contribution >= 4 is 0 Å². The molecule has 148 valence electrons. The van der Waals surface area contributed by atoms with Gasteiger partial charge < -0.3 is 0 Å². The van der Waals surface area contributed by atoms with Gasteiger partial charge in [0, 0.05) is 0 Å². The second kappa shape index (κ2) is 7.29. The Morgan fingerprint density at radius 2 is 0.833 bits per heavy atom. The summed E-state index contributed by atoms with van der Waals surface area (Å²) in [6, 6.07) is 27.4. The normalized spacial score (nSPS) is 12.4. The Balaban J connectivity index is 1.70. The molecule has 5 rings (SSSR count). The van der Waals surface area contributed by atoms with Crippen LogP contribution in [-0.2, 0) is 12.8 Å². The van der Waals surface area contributed by atoms with Gasteiger partial charge in [-0.1, -0.05) is 60.7 Å². The number of fused-ring (bicyclic) bond motifs is 3. The van der Waals surface area contributed by atoms with Gasteiger partial charge in [-0.2, -0.15) is 0 Å². The van der Waals surface area contributed by atoms with Crippen LogP contribution >= 0.6 is 0 Å². The summed E-state index contributed by atoms with van der Waals surface area (Å²) < 4.78 is 0. The first-order valence-electron chi connectivity index (χ1n) is 10.9. The molecule has 0 heteroatoms. The fourth-order valence-corrected chi connectivity index (χ4v) is 5.21. The highest BCUT2D eigenvalue weighted by atomic mass is 14.2.